The van der Waals surface area contributed by atoms with Crippen molar-refractivity contribution >= 4 is 38.7 Å². The molecule has 116 valence electrons. The number of carbonyl (C=O) groups is 1. The average Bonchev–Trinajstić information content (AvgIpc) is 3.05. The van der Waals surface area contributed by atoms with Crippen LogP contribution >= 0.6 is 22.9 Å². The second-order valence-electron chi connectivity index (χ2n) is 5.30. The van der Waals surface area contributed by atoms with Crippen molar-refractivity contribution in [1.29, 1.82) is 0 Å². The quantitative estimate of drug-likeness (QED) is 0.919. The monoisotopic (exact) mass is 355 g/mol. The Bertz CT molecular complexity index is 842. The number of nitrogens with one attached hydrogen (secondary N) is 1. The molecule has 1 heterocycles. The van der Waals surface area contributed by atoms with Crippen molar-refractivity contribution in [3.63, 3.8) is 0 Å². The molecule has 0 saturated carbocycles. The average molecular weight is 356 g/mol. The minimum Gasteiger partial charge on any atom is -0.345 e. The van der Waals surface area contributed by atoms with Gasteiger partial charge in [0, 0.05) is 11.3 Å². The fraction of sp³-hybridized carbons (Fsp3) is 0.267. The van der Waals surface area contributed by atoms with Crippen LogP contribution in [0.1, 0.15) is 33.3 Å². The van der Waals surface area contributed by atoms with Crippen LogP contribution in [-0.4, -0.2) is 20.6 Å². The lowest BCUT2D eigenvalue weighted by atomic mass is 10.1. The van der Waals surface area contributed by atoms with Crippen LogP contribution in [0.2, 0.25) is 5.02 Å². The Morgan fingerprint density at radius 3 is 2.77 bits per heavy atom. The molecule has 4 nitrogen and oxygen atoms in total. The van der Waals surface area contributed by atoms with E-state index in [-0.39, 0.29) is 16.2 Å². The summed E-state index contributed by atoms with van der Waals surface area (Å²) < 4.78 is 23.2. The van der Waals surface area contributed by atoms with Gasteiger partial charge in [-0.15, -0.1) is 11.3 Å². The molecule has 0 unspecified atom stereocenters. The molecule has 0 aliphatic heterocycles. The Hall–Kier alpha value is -1.37. The first-order chi connectivity index (χ1) is 10.3. The van der Waals surface area contributed by atoms with Gasteiger partial charge in [-0.1, -0.05) is 17.7 Å². The summed E-state index contributed by atoms with van der Waals surface area (Å²) in [6.07, 6.45) is 2.84. The maximum atomic E-state index is 12.3. The van der Waals surface area contributed by atoms with E-state index in [1.807, 2.05) is 18.2 Å². The first-order valence-electron chi connectivity index (χ1n) is 6.73. The number of aryl methyl sites for hydroxylation is 1. The Morgan fingerprint density at radius 1 is 1.32 bits per heavy atom. The van der Waals surface area contributed by atoms with Crippen LogP contribution in [0.3, 0.4) is 0 Å². The third-order valence-corrected chi connectivity index (χ3v) is 6.80. The van der Waals surface area contributed by atoms with E-state index in [0.29, 0.717) is 9.90 Å². The number of rotatable bonds is 3. The van der Waals surface area contributed by atoms with Crippen molar-refractivity contribution in [2.45, 2.75) is 23.1 Å². The van der Waals surface area contributed by atoms with Crippen molar-refractivity contribution in [1.82, 2.24) is 5.32 Å². The Morgan fingerprint density at radius 2 is 2.09 bits per heavy atom. The molecule has 0 saturated heterocycles. The number of amides is 1. The maximum Gasteiger partial charge on any atom is 0.261 e. The van der Waals surface area contributed by atoms with Crippen molar-refractivity contribution in [3.05, 3.63) is 51.4 Å². The molecule has 0 radical (unpaired) electrons. The van der Waals surface area contributed by atoms with Gasteiger partial charge in [0.05, 0.1) is 10.9 Å². The molecule has 1 aromatic carbocycles. The van der Waals surface area contributed by atoms with Crippen LogP contribution in [0, 0.1) is 0 Å². The van der Waals surface area contributed by atoms with Crippen LogP contribution in [-0.2, 0) is 16.3 Å². The van der Waals surface area contributed by atoms with Crippen LogP contribution < -0.4 is 5.32 Å². The molecule has 0 fully saturated rings. The highest BCUT2D eigenvalue weighted by atomic mass is 35.5. The van der Waals surface area contributed by atoms with Gasteiger partial charge < -0.3 is 5.32 Å². The fourth-order valence-corrected chi connectivity index (χ4v) is 4.63. The molecule has 1 aliphatic rings. The zero-order valence-electron chi connectivity index (χ0n) is 11.8. The molecule has 2 aromatic rings. The van der Waals surface area contributed by atoms with Gasteiger partial charge in [0.15, 0.2) is 9.84 Å². The Balaban J connectivity index is 1.78. The number of benzene rings is 1. The molecule has 1 atom stereocenters. The van der Waals surface area contributed by atoms with Crippen molar-refractivity contribution in [2.24, 2.45) is 0 Å². The molecule has 1 amide bonds. The number of hydrogen-bond acceptors (Lipinski definition) is 4. The van der Waals surface area contributed by atoms with Crippen LogP contribution in [0.25, 0.3) is 0 Å². The van der Waals surface area contributed by atoms with E-state index in [9.17, 15) is 13.2 Å². The van der Waals surface area contributed by atoms with Crippen LogP contribution in [0.5, 0.6) is 0 Å². The fourth-order valence-electron chi connectivity index (χ4n) is 2.61. The van der Waals surface area contributed by atoms with E-state index < -0.39 is 9.84 Å². The number of carbonyl (C=O) groups excluding carboxylic acids is 1. The molecule has 22 heavy (non-hydrogen) atoms. The molecule has 1 N–H and O–H groups in total. The SMILES string of the molecule is CS(=O)(=O)c1ccc(C(=O)N[C@@H]2CCc3cc(Cl)ccc32)s1. The summed E-state index contributed by atoms with van der Waals surface area (Å²) in [6, 6.07) is 8.65. The van der Waals surface area contributed by atoms with Crippen LogP contribution in [0.15, 0.2) is 34.5 Å². The standard InChI is InChI=1S/C15H14ClNO3S2/c1-22(19,20)14-7-6-13(21-14)15(18)17-12-5-2-9-8-10(16)3-4-11(9)12/h3-4,6-8,12H,2,5H2,1H3,(H,17,18)/t12-/m1/s1. The highest BCUT2D eigenvalue weighted by Crippen LogP contribution is 2.33. The van der Waals surface area contributed by atoms with E-state index in [1.165, 1.54) is 6.07 Å². The van der Waals surface area contributed by atoms with Gasteiger partial charge >= 0.3 is 0 Å². The number of fused-ring (bicyclic) bond motifs is 1. The molecular formula is C15H14ClNO3S2. The molecular weight excluding hydrogens is 342 g/mol. The Labute approximate surface area is 138 Å². The number of thiophene rings is 1. The van der Waals surface area contributed by atoms with E-state index in [1.54, 1.807) is 6.07 Å². The summed E-state index contributed by atoms with van der Waals surface area (Å²) in [5.74, 6) is -0.243. The van der Waals surface area contributed by atoms with E-state index >= 15 is 0 Å². The van der Waals surface area contributed by atoms with Crippen molar-refractivity contribution < 1.29 is 13.2 Å². The molecule has 0 bridgehead atoms. The summed E-state index contributed by atoms with van der Waals surface area (Å²) >= 11 is 6.97. The second-order valence-corrected chi connectivity index (χ2v) is 9.06. The predicted octanol–water partition coefficient (Wildman–Crippen LogP) is 3.22. The first kappa shape index (κ1) is 15.5. The van der Waals surface area contributed by atoms with Gasteiger partial charge in [-0.05, 0) is 48.2 Å². The van der Waals surface area contributed by atoms with Gasteiger partial charge in [0.25, 0.3) is 5.91 Å². The Kier molecular flexibility index (Phi) is 4.01. The largest absolute Gasteiger partial charge is 0.345 e. The van der Waals surface area contributed by atoms with Gasteiger partial charge in [-0.3, -0.25) is 4.79 Å². The number of halogens is 1. The van der Waals surface area contributed by atoms with Crippen molar-refractivity contribution in [3.8, 4) is 0 Å². The van der Waals surface area contributed by atoms with E-state index in [0.717, 1.165) is 41.6 Å². The maximum absolute atomic E-state index is 12.3. The van der Waals surface area contributed by atoms with E-state index in [2.05, 4.69) is 5.32 Å². The zero-order valence-corrected chi connectivity index (χ0v) is 14.2. The summed E-state index contributed by atoms with van der Waals surface area (Å²) in [5, 5.41) is 3.67. The first-order valence-corrected chi connectivity index (χ1v) is 9.82. The lowest BCUT2D eigenvalue weighted by Crippen LogP contribution is -2.26. The second kappa shape index (κ2) is 5.68. The lowest BCUT2D eigenvalue weighted by molar-refractivity contribution is 0.0941. The topological polar surface area (TPSA) is 63.2 Å². The van der Waals surface area contributed by atoms with Gasteiger partial charge in [-0.2, -0.15) is 0 Å². The third kappa shape index (κ3) is 3.04. The highest BCUT2D eigenvalue weighted by Gasteiger charge is 2.25. The molecule has 3 rings (SSSR count). The van der Waals surface area contributed by atoms with E-state index in [4.69, 9.17) is 11.6 Å². The summed E-state index contributed by atoms with van der Waals surface area (Å²) in [7, 11) is -3.27. The minimum atomic E-state index is -3.27. The summed E-state index contributed by atoms with van der Waals surface area (Å²) in [5.41, 5.74) is 2.23. The van der Waals surface area contributed by atoms with Gasteiger partial charge in [0.2, 0.25) is 0 Å². The number of sulfone groups is 1. The van der Waals surface area contributed by atoms with Crippen molar-refractivity contribution in [2.75, 3.05) is 6.26 Å². The third-order valence-electron chi connectivity index (χ3n) is 3.66. The van der Waals surface area contributed by atoms with Crippen LogP contribution in [0.4, 0.5) is 0 Å². The normalized spacial score (nSPS) is 17.3. The van der Waals surface area contributed by atoms with Gasteiger partial charge in [-0.25, -0.2) is 8.42 Å². The lowest BCUT2D eigenvalue weighted by Gasteiger charge is -2.13. The molecule has 0 spiro atoms. The molecule has 1 aliphatic carbocycles. The highest BCUT2D eigenvalue weighted by molar-refractivity contribution is 7.92. The van der Waals surface area contributed by atoms with Gasteiger partial charge in [0.1, 0.15) is 4.21 Å². The summed E-state index contributed by atoms with van der Waals surface area (Å²) in [4.78, 5) is 12.7. The smallest absolute Gasteiger partial charge is 0.261 e. The predicted molar refractivity (Wildman–Crippen MR) is 87.4 cm³/mol. The molecule has 1 aromatic heterocycles. The molecule has 7 heteroatoms. The zero-order chi connectivity index (χ0) is 15.9. The number of hydrogen-bond donors (Lipinski definition) is 1. The summed E-state index contributed by atoms with van der Waals surface area (Å²) in [6.45, 7) is 0. The minimum absolute atomic E-state index is 0.0523.